The molecule has 0 bridgehead atoms. The normalized spacial score (nSPS) is 19.6. The van der Waals surface area contributed by atoms with Crippen molar-refractivity contribution in [3.8, 4) is 0 Å². The predicted octanol–water partition coefficient (Wildman–Crippen LogP) is 0.302. The maximum atomic E-state index is 13.9. The van der Waals surface area contributed by atoms with Crippen LogP contribution in [0.5, 0.6) is 0 Å². The van der Waals surface area contributed by atoms with Gasteiger partial charge in [0.05, 0.1) is 6.54 Å². The number of halogens is 7. The summed E-state index contributed by atoms with van der Waals surface area (Å²) in [7, 11) is -20.2. The van der Waals surface area contributed by atoms with E-state index >= 15 is 0 Å². The Balaban J connectivity index is 3.08. The van der Waals surface area contributed by atoms with Crippen molar-refractivity contribution in [3.63, 3.8) is 0 Å². The van der Waals surface area contributed by atoms with Crippen molar-refractivity contribution in [1.82, 2.24) is 9.21 Å². The average molecular weight is 474 g/mol. The summed E-state index contributed by atoms with van der Waals surface area (Å²) in [6, 6.07) is 0. The smallest absolute Gasteiger partial charge is 0.422 e. The highest BCUT2D eigenvalue weighted by atomic mass is 32.3. The van der Waals surface area contributed by atoms with Crippen LogP contribution in [-0.4, -0.2) is 83.7 Å². The summed E-state index contributed by atoms with van der Waals surface area (Å²) < 4.78 is 151. The standard InChI is InChI=1S/C8H11F7N3O6S3/c9-6(10)5-17-1-3-18(4-2-17)27(23,24)8(14,15)26(21,22)16-25(19,20)7(11,12)13/h6H,1-5H2/q-1. The molecule has 0 aliphatic carbocycles. The van der Waals surface area contributed by atoms with Crippen LogP contribution in [0.2, 0.25) is 0 Å². The monoisotopic (exact) mass is 474 g/mol. The van der Waals surface area contributed by atoms with Crippen molar-refractivity contribution >= 4 is 30.1 Å². The highest BCUT2D eigenvalue weighted by Gasteiger charge is 2.58. The van der Waals surface area contributed by atoms with E-state index in [4.69, 9.17) is 0 Å². The number of nitrogens with zero attached hydrogens (tertiary/aromatic N) is 3. The van der Waals surface area contributed by atoms with Crippen LogP contribution in [0, 0.1) is 0 Å². The topological polar surface area (TPSA) is 123 Å². The molecule has 0 aromatic heterocycles. The Morgan fingerprint density at radius 1 is 0.815 bits per heavy atom. The van der Waals surface area contributed by atoms with E-state index < -0.39 is 79.3 Å². The summed E-state index contributed by atoms with van der Waals surface area (Å²) in [5, 5.41) is 0. The molecule has 0 atom stereocenters. The van der Waals surface area contributed by atoms with Gasteiger partial charge in [-0.3, -0.25) is 4.90 Å². The van der Waals surface area contributed by atoms with Crippen LogP contribution in [0.15, 0.2) is 0 Å². The molecule has 1 saturated heterocycles. The van der Waals surface area contributed by atoms with E-state index in [9.17, 15) is 56.0 Å². The summed E-state index contributed by atoms with van der Waals surface area (Å²) in [5.74, 6) is 0. The Kier molecular flexibility index (Phi) is 6.81. The first kappa shape index (κ1) is 24.3. The first-order valence-electron chi connectivity index (χ1n) is 6.53. The summed E-state index contributed by atoms with van der Waals surface area (Å²) in [4.78, 5) is 0.974. The minimum atomic E-state index is -7.02. The van der Waals surface area contributed by atoms with Gasteiger partial charge < -0.3 is 4.13 Å². The van der Waals surface area contributed by atoms with Gasteiger partial charge in [0, 0.05) is 26.2 Å². The van der Waals surface area contributed by atoms with Crippen molar-refractivity contribution in [2.45, 2.75) is 16.5 Å². The predicted molar refractivity (Wildman–Crippen MR) is 75.1 cm³/mol. The minimum Gasteiger partial charge on any atom is -0.422 e. The molecular formula is C8H11F7N3O6S3-. The summed E-state index contributed by atoms with van der Waals surface area (Å²) >= 11 is 0. The first-order chi connectivity index (χ1) is 11.8. The van der Waals surface area contributed by atoms with Crippen molar-refractivity contribution < 1.29 is 56.0 Å². The quantitative estimate of drug-likeness (QED) is 0.487. The third-order valence-corrected chi connectivity index (χ3v) is 8.82. The van der Waals surface area contributed by atoms with Gasteiger partial charge in [-0.05, 0) is 0 Å². The Morgan fingerprint density at radius 3 is 1.63 bits per heavy atom. The largest absolute Gasteiger partial charge is 0.480 e. The average Bonchev–Trinajstić information content (AvgIpc) is 2.44. The number of alkyl halides is 7. The number of hydrogen-bond donors (Lipinski definition) is 0. The third kappa shape index (κ3) is 5.00. The molecule has 0 unspecified atom stereocenters. The zero-order valence-electron chi connectivity index (χ0n) is 12.8. The molecule has 1 heterocycles. The molecule has 0 N–H and O–H groups in total. The summed E-state index contributed by atoms with van der Waals surface area (Å²) in [6.07, 6.45) is -2.82. The van der Waals surface area contributed by atoms with Crippen LogP contribution in [0.25, 0.3) is 4.13 Å². The highest BCUT2D eigenvalue weighted by Crippen LogP contribution is 2.40. The number of sulfonamides is 3. The number of hydrogen-bond acceptors (Lipinski definition) is 7. The van der Waals surface area contributed by atoms with E-state index in [0.29, 0.717) is 0 Å². The van der Waals surface area contributed by atoms with E-state index in [1.165, 1.54) is 0 Å². The van der Waals surface area contributed by atoms with Gasteiger partial charge in [0.25, 0.3) is 16.4 Å². The lowest BCUT2D eigenvalue weighted by Gasteiger charge is -2.36. The van der Waals surface area contributed by atoms with Gasteiger partial charge >= 0.3 is 10.1 Å². The minimum absolute atomic E-state index is 0.164. The lowest BCUT2D eigenvalue weighted by molar-refractivity contribution is -0.0425. The van der Waals surface area contributed by atoms with E-state index in [1.807, 2.05) is 0 Å². The molecule has 0 amide bonds. The van der Waals surface area contributed by atoms with Gasteiger partial charge in [0.1, 0.15) is 0 Å². The van der Waals surface area contributed by atoms with Gasteiger partial charge in [-0.25, -0.2) is 34.0 Å². The summed E-state index contributed by atoms with van der Waals surface area (Å²) in [6.45, 7) is -3.59. The summed E-state index contributed by atoms with van der Waals surface area (Å²) in [5.41, 5.74) is -6.36. The molecule has 1 aliphatic rings. The van der Waals surface area contributed by atoms with E-state index in [2.05, 4.69) is 0 Å². The number of piperazine rings is 1. The Bertz CT molecular complexity index is 847. The van der Waals surface area contributed by atoms with E-state index in [0.717, 1.165) is 9.03 Å². The fourth-order valence-corrected chi connectivity index (χ4v) is 6.16. The second kappa shape index (κ2) is 7.58. The first-order valence-corrected chi connectivity index (χ1v) is 10.9. The molecule has 27 heavy (non-hydrogen) atoms. The molecule has 0 spiro atoms. The fraction of sp³-hybridized carbons (Fsp3) is 1.00. The maximum Gasteiger partial charge on any atom is 0.480 e. The highest BCUT2D eigenvalue weighted by molar-refractivity contribution is 8.18. The van der Waals surface area contributed by atoms with E-state index in [-0.39, 0.29) is 4.31 Å². The lowest BCUT2D eigenvalue weighted by atomic mass is 10.3. The van der Waals surface area contributed by atoms with Crippen LogP contribution in [-0.2, 0) is 30.1 Å². The Morgan fingerprint density at radius 2 is 1.26 bits per heavy atom. The molecule has 1 fully saturated rings. The molecule has 0 saturated carbocycles. The molecule has 9 nitrogen and oxygen atoms in total. The van der Waals surface area contributed by atoms with Crippen LogP contribution in [0.4, 0.5) is 30.7 Å². The molecule has 0 aromatic carbocycles. The molecule has 1 rings (SSSR count). The van der Waals surface area contributed by atoms with Gasteiger partial charge in [-0.2, -0.15) is 26.3 Å². The van der Waals surface area contributed by atoms with Crippen molar-refractivity contribution in [2.24, 2.45) is 0 Å². The fourth-order valence-electron chi connectivity index (χ4n) is 1.85. The van der Waals surface area contributed by atoms with Crippen molar-refractivity contribution in [3.05, 3.63) is 4.13 Å². The number of rotatable bonds is 7. The zero-order valence-corrected chi connectivity index (χ0v) is 15.2. The zero-order chi connectivity index (χ0) is 21.5. The lowest BCUT2D eigenvalue weighted by Crippen LogP contribution is -2.55. The van der Waals surface area contributed by atoms with Gasteiger partial charge in [0.15, 0.2) is 20.0 Å². The SMILES string of the molecule is O=S(=O)([N-]S(=O)(=O)C(F)(F)S(=O)(=O)N1CCN(CC(F)F)CC1)C(F)(F)F. The molecule has 0 aromatic rings. The van der Waals surface area contributed by atoms with Crippen molar-refractivity contribution in [2.75, 3.05) is 32.7 Å². The Labute approximate surface area is 149 Å². The van der Waals surface area contributed by atoms with Gasteiger partial charge in [-0.1, -0.05) is 0 Å². The second-order valence-electron chi connectivity index (χ2n) is 5.03. The van der Waals surface area contributed by atoms with Crippen molar-refractivity contribution in [1.29, 1.82) is 0 Å². The molecule has 0 radical (unpaired) electrons. The van der Waals surface area contributed by atoms with Crippen LogP contribution >= 0.6 is 0 Å². The van der Waals surface area contributed by atoms with E-state index in [1.54, 1.807) is 0 Å². The van der Waals surface area contributed by atoms with Gasteiger partial charge in [0.2, 0.25) is 0 Å². The van der Waals surface area contributed by atoms with Gasteiger partial charge in [-0.15, -0.1) is 0 Å². The van der Waals surface area contributed by atoms with Crippen LogP contribution < -0.4 is 0 Å². The van der Waals surface area contributed by atoms with Crippen LogP contribution in [0.3, 0.4) is 0 Å². The molecule has 19 heteroatoms. The van der Waals surface area contributed by atoms with Crippen LogP contribution in [0.1, 0.15) is 0 Å². The molecular weight excluding hydrogens is 463 g/mol. The Hall–Kier alpha value is -0.760. The third-order valence-electron chi connectivity index (χ3n) is 3.16. The maximum absolute atomic E-state index is 13.9. The second-order valence-corrected chi connectivity index (χ2v) is 10.7. The molecule has 1 aliphatic heterocycles. The molecule has 162 valence electrons.